The van der Waals surface area contributed by atoms with Crippen LogP contribution in [0.4, 0.5) is 0 Å². The lowest BCUT2D eigenvalue weighted by Gasteiger charge is -2.43. The van der Waals surface area contributed by atoms with E-state index in [0.29, 0.717) is 11.9 Å². The molecule has 1 N–H and O–H groups in total. The van der Waals surface area contributed by atoms with Gasteiger partial charge in [0.05, 0.1) is 12.2 Å². The van der Waals surface area contributed by atoms with Gasteiger partial charge >= 0.3 is 0 Å². The lowest BCUT2D eigenvalue weighted by Crippen LogP contribution is -2.60. The van der Waals surface area contributed by atoms with Gasteiger partial charge in [-0.3, -0.25) is 0 Å². The minimum Gasteiger partial charge on any atom is -0.377 e. The van der Waals surface area contributed by atoms with Crippen LogP contribution in [0.5, 0.6) is 0 Å². The molecule has 1 aromatic heterocycles. The Balaban J connectivity index is 1.68. The molecular formula is C12H21N3O3. The van der Waals surface area contributed by atoms with Gasteiger partial charge in [0.2, 0.25) is 5.89 Å². The van der Waals surface area contributed by atoms with Crippen molar-refractivity contribution < 1.29 is 14.0 Å². The summed E-state index contributed by atoms with van der Waals surface area (Å²) in [6.07, 6.45) is 2.14. The maximum atomic E-state index is 5.57. The van der Waals surface area contributed by atoms with Crippen molar-refractivity contribution >= 4 is 0 Å². The molecule has 0 amide bonds. The van der Waals surface area contributed by atoms with Gasteiger partial charge in [0, 0.05) is 39.6 Å². The molecule has 1 saturated carbocycles. The van der Waals surface area contributed by atoms with Crippen molar-refractivity contribution in [1.82, 2.24) is 15.5 Å². The van der Waals surface area contributed by atoms with E-state index in [9.17, 15) is 0 Å². The highest BCUT2D eigenvalue weighted by Crippen LogP contribution is 2.26. The number of hydrogen-bond donors (Lipinski definition) is 1. The van der Waals surface area contributed by atoms with Crippen LogP contribution in [0.1, 0.15) is 25.1 Å². The van der Waals surface area contributed by atoms with Crippen molar-refractivity contribution in [3.8, 4) is 0 Å². The van der Waals surface area contributed by atoms with Gasteiger partial charge in [0.25, 0.3) is 0 Å². The second kappa shape index (κ2) is 6.26. The molecule has 6 nitrogen and oxygen atoms in total. The molecule has 0 bridgehead atoms. The Hall–Kier alpha value is -0.980. The number of ether oxygens (including phenoxy) is 2. The van der Waals surface area contributed by atoms with Gasteiger partial charge in [0.1, 0.15) is 0 Å². The molecule has 0 saturated heterocycles. The SMILES string of the molecule is CCOC1CC(NCCc2noc(C)n2)C1OC. The Morgan fingerprint density at radius 3 is 2.94 bits per heavy atom. The third-order valence-electron chi connectivity index (χ3n) is 3.23. The molecule has 102 valence electrons. The van der Waals surface area contributed by atoms with Crippen LogP contribution in [-0.4, -0.2) is 48.7 Å². The first-order valence-electron chi connectivity index (χ1n) is 6.41. The van der Waals surface area contributed by atoms with Gasteiger partial charge in [-0.1, -0.05) is 5.16 Å². The summed E-state index contributed by atoms with van der Waals surface area (Å²) < 4.78 is 15.9. The van der Waals surface area contributed by atoms with Crippen molar-refractivity contribution in [2.45, 2.75) is 44.9 Å². The molecule has 0 aromatic carbocycles. The van der Waals surface area contributed by atoms with E-state index in [1.54, 1.807) is 14.0 Å². The minimum absolute atomic E-state index is 0.150. The van der Waals surface area contributed by atoms with Crippen LogP contribution < -0.4 is 5.32 Å². The van der Waals surface area contributed by atoms with Crippen molar-refractivity contribution in [3.63, 3.8) is 0 Å². The molecule has 2 rings (SSSR count). The van der Waals surface area contributed by atoms with E-state index in [2.05, 4.69) is 15.5 Å². The first-order valence-corrected chi connectivity index (χ1v) is 6.41. The van der Waals surface area contributed by atoms with Gasteiger partial charge in [-0.25, -0.2) is 0 Å². The Morgan fingerprint density at radius 1 is 1.50 bits per heavy atom. The monoisotopic (exact) mass is 255 g/mol. The number of rotatable bonds is 7. The van der Waals surface area contributed by atoms with E-state index < -0.39 is 0 Å². The van der Waals surface area contributed by atoms with Crippen LogP contribution >= 0.6 is 0 Å². The zero-order valence-electron chi connectivity index (χ0n) is 11.2. The molecule has 1 aromatic rings. The predicted octanol–water partition coefficient (Wildman–Crippen LogP) is 0.703. The summed E-state index contributed by atoms with van der Waals surface area (Å²) in [5.41, 5.74) is 0. The molecule has 1 heterocycles. The van der Waals surface area contributed by atoms with Crippen LogP contribution in [0.2, 0.25) is 0 Å². The first-order chi connectivity index (χ1) is 8.74. The number of methoxy groups -OCH3 is 1. The van der Waals surface area contributed by atoms with Gasteiger partial charge < -0.3 is 19.3 Å². The fourth-order valence-electron chi connectivity index (χ4n) is 2.29. The number of nitrogens with one attached hydrogen (secondary N) is 1. The fourth-order valence-corrected chi connectivity index (χ4v) is 2.29. The molecule has 6 heteroatoms. The average molecular weight is 255 g/mol. The smallest absolute Gasteiger partial charge is 0.223 e. The Bertz CT molecular complexity index is 369. The van der Waals surface area contributed by atoms with E-state index in [1.165, 1.54) is 0 Å². The highest BCUT2D eigenvalue weighted by molar-refractivity contribution is 4.97. The molecular weight excluding hydrogens is 234 g/mol. The van der Waals surface area contributed by atoms with Crippen LogP contribution in [0.25, 0.3) is 0 Å². The lowest BCUT2D eigenvalue weighted by molar-refractivity contribution is -0.131. The summed E-state index contributed by atoms with van der Waals surface area (Å²) in [7, 11) is 1.73. The van der Waals surface area contributed by atoms with Crippen molar-refractivity contribution in [2.24, 2.45) is 0 Å². The normalized spacial score (nSPS) is 27.2. The third kappa shape index (κ3) is 3.07. The van der Waals surface area contributed by atoms with Gasteiger partial charge in [-0.15, -0.1) is 0 Å². The van der Waals surface area contributed by atoms with E-state index >= 15 is 0 Å². The van der Waals surface area contributed by atoms with E-state index in [0.717, 1.165) is 31.8 Å². The van der Waals surface area contributed by atoms with E-state index in [4.69, 9.17) is 14.0 Å². The highest BCUT2D eigenvalue weighted by Gasteiger charge is 2.41. The van der Waals surface area contributed by atoms with Crippen LogP contribution in [0.3, 0.4) is 0 Å². The second-order valence-corrected chi connectivity index (χ2v) is 4.47. The standard InChI is InChI=1S/C12H21N3O3/c1-4-17-10-7-9(12(10)16-3)13-6-5-11-14-8(2)18-15-11/h9-10,12-13H,4-7H2,1-3H3. The molecule has 3 atom stereocenters. The second-order valence-electron chi connectivity index (χ2n) is 4.47. The van der Waals surface area contributed by atoms with Crippen LogP contribution in [0.15, 0.2) is 4.52 Å². The van der Waals surface area contributed by atoms with E-state index in [1.807, 2.05) is 6.92 Å². The van der Waals surface area contributed by atoms with Crippen molar-refractivity contribution in [2.75, 3.05) is 20.3 Å². The summed E-state index contributed by atoms with van der Waals surface area (Å²) in [6, 6.07) is 0.361. The predicted molar refractivity (Wildman–Crippen MR) is 65.4 cm³/mol. The quantitative estimate of drug-likeness (QED) is 0.773. The zero-order chi connectivity index (χ0) is 13.0. The molecule has 1 aliphatic carbocycles. The van der Waals surface area contributed by atoms with Gasteiger partial charge in [-0.05, 0) is 13.3 Å². The number of nitrogens with zero attached hydrogens (tertiary/aromatic N) is 2. The first kappa shape index (κ1) is 13.5. The Kier molecular flexibility index (Phi) is 4.68. The summed E-state index contributed by atoms with van der Waals surface area (Å²) in [6.45, 7) is 5.36. The van der Waals surface area contributed by atoms with E-state index in [-0.39, 0.29) is 12.2 Å². The molecule has 1 aliphatic rings. The summed E-state index contributed by atoms with van der Waals surface area (Å²) >= 11 is 0. The van der Waals surface area contributed by atoms with Crippen molar-refractivity contribution in [3.05, 3.63) is 11.7 Å². The maximum absolute atomic E-state index is 5.57. The summed E-state index contributed by atoms with van der Waals surface area (Å²) in [5, 5.41) is 7.30. The molecule has 0 spiro atoms. The van der Waals surface area contributed by atoms with Crippen molar-refractivity contribution in [1.29, 1.82) is 0 Å². The third-order valence-corrected chi connectivity index (χ3v) is 3.23. The molecule has 18 heavy (non-hydrogen) atoms. The topological polar surface area (TPSA) is 69.4 Å². The maximum Gasteiger partial charge on any atom is 0.223 e. The molecule has 0 radical (unpaired) electrons. The number of hydrogen-bond acceptors (Lipinski definition) is 6. The van der Waals surface area contributed by atoms with Gasteiger partial charge in [0.15, 0.2) is 5.82 Å². The summed E-state index contributed by atoms with van der Waals surface area (Å²) in [4.78, 5) is 4.16. The minimum atomic E-state index is 0.150. The Morgan fingerprint density at radius 2 is 2.33 bits per heavy atom. The fraction of sp³-hybridized carbons (Fsp3) is 0.833. The largest absolute Gasteiger partial charge is 0.377 e. The lowest BCUT2D eigenvalue weighted by atomic mass is 9.85. The van der Waals surface area contributed by atoms with Gasteiger partial charge in [-0.2, -0.15) is 4.98 Å². The molecule has 1 fully saturated rings. The molecule has 3 unspecified atom stereocenters. The molecule has 0 aliphatic heterocycles. The average Bonchev–Trinajstić information content (AvgIpc) is 2.73. The van der Waals surface area contributed by atoms with Crippen LogP contribution in [-0.2, 0) is 15.9 Å². The summed E-state index contributed by atoms with van der Waals surface area (Å²) in [5.74, 6) is 1.36. The zero-order valence-corrected chi connectivity index (χ0v) is 11.2. The highest BCUT2D eigenvalue weighted by atomic mass is 16.5. The number of aromatic nitrogens is 2. The van der Waals surface area contributed by atoms with Crippen LogP contribution in [0, 0.1) is 6.92 Å². The number of aryl methyl sites for hydroxylation is 1. The Labute approximate surface area is 107 Å².